The number of aryl methyl sites for hydroxylation is 2. The van der Waals surface area contributed by atoms with Crippen molar-refractivity contribution in [1.82, 2.24) is 9.97 Å². The van der Waals surface area contributed by atoms with Crippen LogP contribution in [0.4, 0.5) is 0 Å². The van der Waals surface area contributed by atoms with Gasteiger partial charge < -0.3 is 19.2 Å². The molecule has 1 aliphatic carbocycles. The molecule has 0 radical (unpaired) electrons. The van der Waals surface area contributed by atoms with Gasteiger partial charge >= 0.3 is 0 Å². The number of H-pyrrole nitrogens is 1. The van der Waals surface area contributed by atoms with E-state index in [1.165, 1.54) is 16.9 Å². The molecule has 0 amide bonds. The standard InChI is InChI=1S/C25H24N2O4S/c1-29-17-8-10-18(11-9-17)31-14-16-13-15(7-12-20(16)30-2)23-26-24(28)22-19-5-3-4-6-21(19)32-25(22)27-23/h7-13H,3-6,14H2,1-2H3,(H,26,27,28). The van der Waals surface area contributed by atoms with Crippen LogP contribution in [0.5, 0.6) is 17.2 Å². The summed E-state index contributed by atoms with van der Waals surface area (Å²) < 4.78 is 16.7. The lowest BCUT2D eigenvalue weighted by atomic mass is 9.97. The molecule has 0 atom stereocenters. The molecule has 0 unspecified atom stereocenters. The van der Waals surface area contributed by atoms with Gasteiger partial charge in [0.15, 0.2) is 0 Å². The molecule has 5 rings (SSSR count). The van der Waals surface area contributed by atoms with Crippen LogP contribution < -0.4 is 19.8 Å². The van der Waals surface area contributed by atoms with Crippen LogP contribution in [0, 0.1) is 0 Å². The Morgan fingerprint density at radius 3 is 2.56 bits per heavy atom. The van der Waals surface area contributed by atoms with Crippen LogP contribution in [0.1, 0.15) is 28.8 Å². The highest BCUT2D eigenvalue weighted by Crippen LogP contribution is 2.34. The molecule has 6 nitrogen and oxygen atoms in total. The Balaban J connectivity index is 1.47. The molecule has 0 bridgehead atoms. The molecule has 1 aliphatic rings. The molecule has 0 fully saturated rings. The fourth-order valence-corrected chi connectivity index (χ4v) is 5.43. The molecular weight excluding hydrogens is 424 g/mol. The van der Waals surface area contributed by atoms with E-state index in [1.54, 1.807) is 25.6 Å². The molecule has 0 saturated carbocycles. The zero-order valence-electron chi connectivity index (χ0n) is 18.1. The first kappa shape index (κ1) is 20.6. The number of aromatic amines is 1. The van der Waals surface area contributed by atoms with Crippen molar-refractivity contribution in [1.29, 1.82) is 0 Å². The van der Waals surface area contributed by atoms with E-state index in [9.17, 15) is 4.79 Å². The van der Waals surface area contributed by atoms with Crippen LogP contribution in [-0.4, -0.2) is 24.2 Å². The summed E-state index contributed by atoms with van der Waals surface area (Å²) in [5.41, 5.74) is 2.83. The number of hydrogen-bond acceptors (Lipinski definition) is 6. The molecule has 2 aromatic heterocycles. The van der Waals surface area contributed by atoms with Crippen molar-refractivity contribution in [3.8, 4) is 28.6 Å². The van der Waals surface area contributed by atoms with Crippen molar-refractivity contribution in [3.05, 3.63) is 68.8 Å². The van der Waals surface area contributed by atoms with Crippen molar-refractivity contribution in [2.45, 2.75) is 32.3 Å². The lowest BCUT2D eigenvalue weighted by Gasteiger charge is -2.12. The fraction of sp³-hybridized carbons (Fsp3) is 0.280. The third kappa shape index (κ3) is 3.84. The summed E-state index contributed by atoms with van der Waals surface area (Å²) in [7, 11) is 3.27. The maximum Gasteiger partial charge on any atom is 0.260 e. The fourth-order valence-electron chi connectivity index (χ4n) is 4.17. The maximum absolute atomic E-state index is 12.9. The first-order valence-electron chi connectivity index (χ1n) is 10.6. The smallest absolute Gasteiger partial charge is 0.260 e. The van der Waals surface area contributed by atoms with E-state index in [0.29, 0.717) is 12.4 Å². The molecule has 0 saturated heterocycles. The summed E-state index contributed by atoms with van der Waals surface area (Å²) in [6, 6.07) is 13.2. The second kappa shape index (κ2) is 8.67. The molecule has 2 aromatic carbocycles. The molecule has 7 heteroatoms. The predicted molar refractivity (Wildman–Crippen MR) is 126 cm³/mol. The Hall–Kier alpha value is -3.32. The Morgan fingerprint density at radius 1 is 1.00 bits per heavy atom. The zero-order valence-corrected chi connectivity index (χ0v) is 18.9. The van der Waals surface area contributed by atoms with Gasteiger partial charge in [-0.25, -0.2) is 4.98 Å². The van der Waals surface area contributed by atoms with Crippen LogP contribution in [0.3, 0.4) is 0 Å². The van der Waals surface area contributed by atoms with Crippen molar-refractivity contribution in [3.63, 3.8) is 0 Å². The highest BCUT2D eigenvalue weighted by molar-refractivity contribution is 7.18. The number of thiophene rings is 1. The summed E-state index contributed by atoms with van der Waals surface area (Å²) in [6.45, 7) is 0.323. The zero-order chi connectivity index (χ0) is 22.1. The number of fused-ring (bicyclic) bond motifs is 3. The Morgan fingerprint density at radius 2 is 1.78 bits per heavy atom. The largest absolute Gasteiger partial charge is 0.497 e. The predicted octanol–water partition coefficient (Wildman–Crippen LogP) is 5.13. The van der Waals surface area contributed by atoms with E-state index < -0.39 is 0 Å². The Bertz CT molecular complexity index is 1320. The second-order valence-corrected chi connectivity index (χ2v) is 8.88. The second-order valence-electron chi connectivity index (χ2n) is 7.80. The molecule has 0 aliphatic heterocycles. The average Bonchev–Trinajstić information content (AvgIpc) is 3.22. The van der Waals surface area contributed by atoms with Gasteiger partial charge in [-0.05, 0) is 73.7 Å². The summed E-state index contributed by atoms with van der Waals surface area (Å²) in [5.74, 6) is 2.79. The van der Waals surface area contributed by atoms with Crippen LogP contribution in [0.15, 0.2) is 47.3 Å². The Labute approximate surface area is 189 Å². The van der Waals surface area contributed by atoms with Gasteiger partial charge in [-0.1, -0.05) is 0 Å². The molecule has 0 spiro atoms. The summed E-state index contributed by atoms with van der Waals surface area (Å²) in [4.78, 5) is 22.9. The van der Waals surface area contributed by atoms with Crippen LogP contribution >= 0.6 is 11.3 Å². The minimum Gasteiger partial charge on any atom is -0.497 e. The number of rotatable bonds is 6. The summed E-state index contributed by atoms with van der Waals surface area (Å²) in [5, 5.41) is 0.769. The number of ether oxygens (including phenoxy) is 3. The molecular formula is C25H24N2O4S. The van der Waals surface area contributed by atoms with E-state index >= 15 is 0 Å². The van der Waals surface area contributed by atoms with Crippen molar-refractivity contribution in [2.75, 3.05) is 14.2 Å². The van der Waals surface area contributed by atoms with Gasteiger partial charge in [0.1, 0.15) is 34.5 Å². The topological polar surface area (TPSA) is 73.4 Å². The number of methoxy groups -OCH3 is 2. The molecule has 1 N–H and O–H groups in total. The van der Waals surface area contributed by atoms with Crippen molar-refractivity contribution in [2.24, 2.45) is 0 Å². The summed E-state index contributed by atoms with van der Waals surface area (Å²) in [6.07, 6.45) is 4.33. The molecule has 164 valence electrons. The highest BCUT2D eigenvalue weighted by Gasteiger charge is 2.20. The van der Waals surface area contributed by atoms with Gasteiger partial charge in [-0.15, -0.1) is 11.3 Å². The number of nitrogens with zero attached hydrogens (tertiary/aromatic N) is 1. The Kier molecular flexibility index (Phi) is 5.57. The van der Waals surface area contributed by atoms with Gasteiger partial charge in [0.2, 0.25) is 0 Å². The first-order valence-corrected chi connectivity index (χ1v) is 11.5. The van der Waals surface area contributed by atoms with E-state index in [-0.39, 0.29) is 5.56 Å². The monoisotopic (exact) mass is 448 g/mol. The minimum atomic E-state index is -0.0590. The van der Waals surface area contributed by atoms with Gasteiger partial charge in [0.25, 0.3) is 5.56 Å². The minimum absolute atomic E-state index is 0.0590. The third-order valence-electron chi connectivity index (χ3n) is 5.83. The van der Waals surface area contributed by atoms with E-state index in [1.807, 2.05) is 42.5 Å². The average molecular weight is 449 g/mol. The van der Waals surface area contributed by atoms with Crippen molar-refractivity contribution < 1.29 is 14.2 Å². The lowest BCUT2D eigenvalue weighted by molar-refractivity contribution is 0.296. The molecule has 2 heterocycles. The van der Waals surface area contributed by atoms with Gasteiger partial charge in [0.05, 0.1) is 19.6 Å². The normalized spacial score (nSPS) is 13.1. The summed E-state index contributed by atoms with van der Waals surface area (Å²) >= 11 is 1.65. The van der Waals surface area contributed by atoms with Gasteiger partial charge in [-0.3, -0.25) is 4.79 Å². The van der Waals surface area contributed by atoms with E-state index in [0.717, 1.165) is 57.9 Å². The SMILES string of the molecule is COc1ccc(OCc2cc(-c3nc4sc5c(c4c(=O)[nH]3)CCCC5)ccc2OC)cc1. The highest BCUT2D eigenvalue weighted by atomic mass is 32.1. The number of nitrogens with one attached hydrogen (secondary N) is 1. The first-order chi connectivity index (χ1) is 15.7. The molecule has 4 aromatic rings. The quantitative estimate of drug-likeness (QED) is 0.443. The number of benzene rings is 2. The van der Waals surface area contributed by atoms with E-state index in [4.69, 9.17) is 19.2 Å². The van der Waals surface area contributed by atoms with Crippen molar-refractivity contribution >= 4 is 21.6 Å². The number of aromatic nitrogens is 2. The third-order valence-corrected chi connectivity index (χ3v) is 7.02. The van der Waals surface area contributed by atoms with Crippen LogP contribution in [-0.2, 0) is 19.4 Å². The van der Waals surface area contributed by atoms with Gasteiger partial charge in [-0.2, -0.15) is 0 Å². The maximum atomic E-state index is 12.9. The lowest BCUT2D eigenvalue weighted by Crippen LogP contribution is -2.11. The van der Waals surface area contributed by atoms with E-state index in [2.05, 4.69) is 4.98 Å². The van der Waals surface area contributed by atoms with Crippen LogP contribution in [0.25, 0.3) is 21.6 Å². The number of hydrogen-bond donors (Lipinski definition) is 1. The molecule has 32 heavy (non-hydrogen) atoms. The van der Waals surface area contributed by atoms with Crippen LogP contribution in [0.2, 0.25) is 0 Å². The van der Waals surface area contributed by atoms with Gasteiger partial charge in [0, 0.05) is 16.0 Å².